The molecular weight excluding hydrogens is 368 g/mol. The Hall–Kier alpha value is -3.28. The minimum absolute atomic E-state index is 0.136. The maximum Gasteiger partial charge on any atom is 0.258 e. The van der Waals surface area contributed by atoms with Gasteiger partial charge in [-0.3, -0.25) is 9.59 Å². The summed E-state index contributed by atoms with van der Waals surface area (Å²) in [7, 11) is 0. The van der Waals surface area contributed by atoms with Crippen LogP contribution in [0.4, 0.5) is 0 Å². The topological polar surface area (TPSA) is 82.8 Å². The summed E-state index contributed by atoms with van der Waals surface area (Å²) >= 11 is 0. The fraction of sp³-hybridized carbons (Fsp3) is 0.304. The molecule has 0 spiro atoms. The minimum Gasteiger partial charge on any atom is -0.507 e. The lowest BCUT2D eigenvalue weighted by atomic mass is 9.98. The van der Waals surface area contributed by atoms with Crippen molar-refractivity contribution in [2.75, 3.05) is 19.6 Å². The van der Waals surface area contributed by atoms with Gasteiger partial charge in [0.1, 0.15) is 17.1 Å². The zero-order chi connectivity index (χ0) is 20.4. The Labute approximate surface area is 169 Å². The number of phenols is 1. The van der Waals surface area contributed by atoms with E-state index in [1.54, 1.807) is 11.0 Å². The van der Waals surface area contributed by atoms with Crippen molar-refractivity contribution in [2.45, 2.75) is 26.2 Å². The Morgan fingerprint density at radius 2 is 1.76 bits per heavy atom. The first-order valence-electron chi connectivity index (χ1n) is 10.0. The average molecular weight is 392 g/mol. The van der Waals surface area contributed by atoms with E-state index >= 15 is 0 Å². The zero-order valence-corrected chi connectivity index (χ0v) is 16.4. The molecule has 0 aliphatic carbocycles. The van der Waals surface area contributed by atoms with Crippen molar-refractivity contribution in [2.24, 2.45) is 0 Å². The first-order valence-corrected chi connectivity index (χ1v) is 10.0. The second kappa shape index (κ2) is 7.99. The van der Waals surface area contributed by atoms with Gasteiger partial charge in [-0.1, -0.05) is 30.3 Å². The third-order valence-corrected chi connectivity index (χ3v) is 5.29. The summed E-state index contributed by atoms with van der Waals surface area (Å²) < 4.78 is 6.04. The van der Waals surface area contributed by atoms with Crippen LogP contribution in [0.25, 0.3) is 22.3 Å². The van der Waals surface area contributed by atoms with Crippen molar-refractivity contribution in [3.05, 3.63) is 53.6 Å². The maximum absolute atomic E-state index is 13.3. The lowest BCUT2D eigenvalue weighted by Gasteiger charge is -2.27. The lowest BCUT2D eigenvalue weighted by molar-refractivity contribution is 0.0723. The highest BCUT2D eigenvalue weighted by molar-refractivity contribution is 6.19. The highest BCUT2D eigenvalue weighted by atomic mass is 16.3. The Kier molecular flexibility index (Phi) is 5.25. The number of piperidine rings is 1. The van der Waals surface area contributed by atoms with E-state index in [-0.39, 0.29) is 28.7 Å². The predicted molar refractivity (Wildman–Crippen MR) is 111 cm³/mol. The van der Waals surface area contributed by atoms with Gasteiger partial charge in [0.05, 0.1) is 16.5 Å². The van der Waals surface area contributed by atoms with Crippen LogP contribution in [-0.4, -0.2) is 41.5 Å². The molecule has 4 rings (SSSR count). The molecule has 6 heteroatoms. The number of carbonyl (C=O) groups is 2. The van der Waals surface area contributed by atoms with Gasteiger partial charge in [0.25, 0.3) is 11.8 Å². The van der Waals surface area contributed by atoms with Crippen molar-refractivity contribution < 1.29 is 19.1 Å². The van der Waals surface area contributed by atoms with Crippen LogP contribution in [0.2, 0.25) is 0 Å². The SMILES string of the molecule is CCNC(=O)c1c(-c2ccccc2)oc2ccc(O)c(C(=O)N3CCCCC3)c12. The molecule has 1 saturated heterocycles. The quantitative estimate of drug-likeness (QED) is 0.698. The van der Waals surface area contributed by atoms with Crippen molar-refractivity contribution in [1.29, 1.82) is 0 Å². The van der Waals surface area contributed by atoms with Crippen molar-refractivity contribution in [3.8, 4) is 17.1 Å². The first kappa shape index (κ1) is 19.1. The Bertz CT molecular complexity index is 1050. The van der Waals surface area contributed by atoms with E-state index in [0.717, 1.165) is 24.8 Å². The van der Waals surface area contributed by atoms with Gasteiger partial charge >= 0.3 is 0 Å². The van der Waals surface area contributed by atoms with E-state index in [4.69, 9.17) is 4.42 Å². The van der Waals surface area contributed by atoms with E-state index < -0.39 is 0 Å². The second-order valence-corrected chi connectivity index (χ2v) is 7.22. The Morgan fingerprint density at radius 3 is 2.45 bits per heavy atom. The number of benzene rings is 2. The number of hydrogen-bond acceptors (Lipinski definition) is 4. The molecule has 3 aromatic rings. The number of likely N-dealkylation sites (tertiary alicyclic amines) is 1. The summed E-state index contributed by atoms with van der Waals surface area (Å²) in [5.41, 5.74) is 1.56. The first-order chi connectivity index (χ1) is 14.1. The largest absolute Gasteiger partial charge is 0.507 e. The van der Waals surface area contributed by atoms with Gasteiger partial charge in [0, 0.05) is 25.2 Å². The molecule has 29 heavy (non-hydrogen) atoms. The normalized spacial score (nSPS) is 14.2. The number of amides is 2. The van der Waals surface area contributed by atoms with Crippen molar-refractivity contribution in [1.82, 2.24) is 10.2 Å². The molecule has 0 atom stereocenters. The van der Waals surface area contributed by atoms with E-state index in [0.29, 0.717) is 36.4 Å². The maximum atomic E-state index is 13.3. The van der Waals surface area contributed by atoms with Gasteiger partial charge in [-0.25, -0.2) is 0 Å². The predicted octanol–water partition coefficient (Wildman–Crippen LogP) is 4.18. The average Bonchev–Trinajstić information content (AvgIpc) is 3.14. The van der Waals surface area contributed by atoms with Crippen molar-refractivity contribution >= 4 is 22.8 Å². The number of aromatic hydroxyl groups is 1. The lowest BCUT2D eigenvalue weighted by Crippen LogP contribution is -2.36. The molecule has 1 aliphatic heterocycles. The molecule has 0 radical (unpaired) electrons. The van der Waals surface area contributed by atoms with Crippen molar-refractivity contribution in [3.63, 3.8) is 0 Å². The smallest absolute Gasteiger partial charge is 0.258 e. The fourth-order valence-corrected chi connectivity index (χ4v) is 3.91. The Balaban J connectivity index is 1.96. The number of fused-ring (bicyclic) bond motifs is 1. The van der Waals surface area contributed by atoms with Gasteiger partial charge in [-0.15, -0.1) is 0 Å². The number of furan rings is 1. The summed E-state index contributed by atoms with van der Waals surface area (Å²) in [5.74, 6) is -0.342. The van der Waals surface area contributed by atoms with Gasteiger partial charge < -0.3 is 19.7 Å². The molecule has 1 aliphatic rings. The molecule has 0 saturated carbocycles. The van der Waals surface area contributed by atoms with E-state index in [1.165, 1.54) is 6.07 Å². The number of nitrogens with zero attached hydrogens (tertiary/aromatic N) is 1. The van der Waals surface area contributed by atoms with Crippen LogP contribution in [0.1, 0.15) is 46.9 Å². The summed E-state index contributed by atoms with van der Waals surface area (Å²) in [6.07, 6.45) is 2.96. The number of hydrogen-bond donors (Lipinski definition) is 2. The van der Waals surface area contributed by atoms with Crippen LogP contribution in [0.3, 0.4) is 0 Å². The molecule has 0 unspecified atom stereocenters. The molecule has 2 N–H and O–H groups in total. The molecular formula is C23H24N2O4. The number of rotatable bonds is 4. The molecule has 2 aromatic carbocycles. The summed E-state index contributed by atoms with van der Waals surface area (Å²) in [5, 5.41) is 13.8. The van der Waals surface area contributed by atoms with Gasteiger partial charge in [-0.05, 0) is 38.3 Å². The van der Waals surface area contributed by atoms with Crippen LogP contribution in [0, 0.1) is 0 Å². The molecule has 150 valence electrons. The third kappa shape index (κ3) is 3.46. The molecule has 6 nitrogen and oxygen atoms in total. The van der Waals surface area contributed by atoms with Crippen LogP contribution in [0.15, 0.2) is 46.9 Å². The molecule has 2 amide bonds. The van der Waals surface area contributed by atoms with Crippen LogP contribution >= 0.6 is 0 Å². The van der Waals surface area contributed by atoms with E-state index in [1.807, 2.05) is 37.3 Å². The molecule has 1 aromatic heterocycles. The standard InChI is InChI=1S/C23H24N2O4/c1-2-24-22(27)20-19-17(29-21(20)15-9-5-3-6-10-15)12-11-16(26)18(19)23(28)25-13-7-4-8-14-25/h3,5-6,9-12,26H,2,4,7-8,13-14H2,1H3,(H,24,27). The van der Waals surface area contributed by atoms with E-state index in [2.05, 4.69) is 5.32 Å². The molecule has 1 fully saturated rings. The highest BCUT2D eigenvalue weighted by Gasteiger charge is 2.30. The summed E-state index contributed by atoms with van der Waals surface area (Å²) in [6, 6.07) is 12.4. The molecule has 0 bridgehead atoms. The highest BCUT2D eigenvalue weighted by Crippen LogP contribution is 2.39. The van der Waals surface area contributed by atoms with Gasteiger partial charge in [0.2, 0.25) is 0 Å². The number of phenolic OH excluding ortho intramolecular Hbond substituents is 1. The monoisotopic (exact) mass is 392 g/mol. The third-order valence-electron chi connectivity index (χ3n) is 5.29. The number of nitrogens with one attached hydrogen (secondary N) is 1. The fourth-order valence-electron chi connectivity index (χ4n) is 3.91. The van der Waals surface area contributed by atoms with Crippen LogP contribution in [-0.2, 0) is 0 Å². The van der Waals surface area contributed by atoms with Gasteiger partial charge in [0.15, 0.2) is 0 Å². The summed E-state index contributed by atoms with van der Waals surface area (Å²) in [4.78, 5) is 28.0. The Morgan fingerprint density at radius 1 is 1.03 bits per heavy atom. The second-order valence-electron chi connectivity index (χ2n) is 7.22. The molecule has 2 heterocycles. The minimum atomic E-state index is -0.330. The van der Waals surface area contributed by atoms with Crippen LogP contribution < -0.4 is 5.32 Å². The van der Waals surface area contributed by atoms with Crippen LogP contribution in [0.5, 0.6) is 5.75 Å². The number of carbonyl (C=O) groups excluding carboxylic acids is 2. The summed E-state index contributed by atoms with van der Waals surface area (Å²) in [6.45, 7) is 3.57. The van der Waals surface area contributed by atoms with Gasteiger partial charge in [-0.2, -0.15) is 0 Å². The van der Waals surface area contributed by atoms with E-state index in [9.17, 15) is 14.7 Å². The zero-order valence-electron chi connectivity index (χ0n) is 16.4.